The Morgan fingerprint density at radius 1 is 1.54 bits per heavy atom. The van der Waals surface area contributed by atoms with Gasteiger partial charge in [0.05, 0.1) is 6.10 Å². The quantitative estimate of drug-likeness (QED) is 0.495. The van der Waals surface area contributed by atoms with E-state index in [9.17, 15) is 15.0 Å². The number of carboxylic acid groups (broad SMARTS) is 1. The second-order valence-electron chi connectivity index (χ2n) is 2.85. The van der Waals surface area contributed by atoms with Crippen LogP contribution in [0.25, 0.3) is 0 Å². The predicted molar refractivity (Wildman–Crippen MR) is 39.9 cm³/mol. The first-order valence-corrected chi connectivity index (χ1v) is 3.83. The molecule has 1 heterocycles. The van der Waals surface area contributed by atoms with Crippen LogP contribution >= 0.6 is 0 Å². The minimum atomic E-state index is -1.42. The molecule has 76 valence electrons. The molecule has 0 radical (unpaired) electrons. The highest BCUT2D eigenvalue weighted by atomic mass is 16.7. The van der Waals surface area contributed by atoms with Gasteiger partial charge in [-0.3, -0.25) is 0 Å². The van der Waals surface area contributed by atoms with Gasteiger partial charge >= 0.3 is 5.97 Å². The van der Waals surface area contributed by atoms with Crippen LogP contribution in [-0.2, 0) is 14.3 Å². The van der Waals surface area contributed by atoms with Crippen molar-refractivity contribution in [3.8, 4) is 0 Å². The molecule has 0 aliphatic carbocycles. The van der Waals surface area contributed by atoms with Crippen molar-refractivity contribution in [2.45, 2.75) is 31.0 Å². The van der Waals surface area contributed by atoms with Gasteiger partial charge in [-0.15, -0.1) is 0 Å². The molecule has 13 heavy (non-hydrogen) atoms. The van der Waals surface area contributed by atoms with Crippen LogP contribution in [0.2, 0.25) is 0 Å². The summed E-state index contributed by atoms with van der Waals surface area (Å²) in [6, 6.07) is 0. The lowest BCUT2D eigenvalue weighted by Gasteiger charge is -2.33. The molecule has 1 rings (SSSR count). The molecule has 4 unspecified atom stereocenters. The van der Waals surface area contributed by atoms with Crippen molar-refractivity contribution in [2.24, 2.45) is 0 Å². The minimum absolute atomic E-state index is 0.0709. The first-order chi connectivity index (χ1) is 6.06. The third-order valence-electron chi connectivity index (χ3n) is 1.94. The predicted octanol–water partition coefficient (Wildman–Crippen LogP) is -1.45. The number of carboxylic acids is 1. The number of ether oxygens (including phenoxy) is 2. The lowest BCUT2D eigenvalue weighted by Crippen LogP contribution is -2.52. The maximum absolute atomic E-state index is 10.5. The first kappa shape index (κ1) is 10.4. The molecule has 0 aromatic heterocycles. The van der Waals surface area contributed by atoms with Gasteiger partial charge in [0, 0.05) is 13.5 Å². The van der Waals surface area contributed by atoms with E-state index in [4.69, 9.17) is 14.6 Å². The average Bonchev–Trinajstić information content (AvgIpc) is 2.09. The van der Waals surface area contributed by atoms with E-state index in [2.05, 4.69) is 0 Å². The fourth-order valence-corrected chi connectivity index (χ4v) is 1.19. The lowest BCUT2D eigenvalue weighted by atomic mass is 10.0. The van der Waals surface area contributed by atoms with Crippen LogP contribution in [0.15, 0.2) is 0 Å². The second kappa shape index (κ2) is 4.01. The molecular weight excluding hydrogens is 180 g/mol. The first-order valence-electron chi connectivity index (χ1n) is 3.83. The second-order valence-corrected chi connectivity index (χ2v) is 2.85. The largest absolute Gasteiger partial charge is 0.479 e. The van der Waals surface area contributed by atoms with E-state index in [1.54, 1.807) is 0 Å². The van der Waals surface area contributed by atoms with E-state index in [0.717, 1.165) is 0 Å². The summed E-state index contributed by atoms with van der Waals surface area (Å²) in [7, 11) is 1.34. The molecule has 6 nitrogen and oxygen atoms in total. The Hall–Kier alpha value is -0.690. The summed E-state index contributed by atoms with van der Waals surface area (Å²) in [5.41, 5.74) is 0. The number of aliphatic hydroxyl groups excluding tert-OH is 2. The third-order valence-corrected chi connectivity index (χ3v) is 1.94. The topological polar surface area (TPSA) is 96.2 Å². The normalized spacial score (nSPS) is 40.2. The van der Waals surface area contributed by atoms with Crippen LogP contribution in [-0.4, -0.2) is 53.0 Å². The minimum Gasteiger partial charge on any atom is -0.479 e. The summed E-state index contributed by atoms with van der Waals surface area (Å²) >= 11 is 0. The van der Waals surface area contributed by atoms with Crippen LogP contribution in [0, 0.1) is 0 Å². The molecule has 1 saturated heterocycles. The number of hydrogen-bond donors (Lipinski definition) is 3. The molecule has 6 heteroatoms. The zero-order valence-corrected chi connectivity index (χ0v) is 7.08. The molecule has 0 saturated carbocycles. The SMILES string of the molecule is COC1CC(O)C(O)C(C(=O)O)O1. The van der Waals surface area contributed by atoms with Gasteiger partial charge in [0.2, 0.25) is 0 Å². The summed E-state index contributed by atoms with van der Waals surface area (Å²) in [5, 5.41) is 27.0. The van der Waals surface area contributed by atoms with Crippen molar-refractivity contribution < 1.29 is 29.6 Å². The zero-order chi connectivity index (χ0) is 10.0. The number of carbonyl (C=O) groups is 1. The summed E-state index contributed by atoms with van der Waals surface area (Å²) in [5.74, 6) is -1.31. The molecule has 0 amide bonds. The third kappa shape index (κ3) is 2.16. The lowest BCUT2D eigenvalue weighted by molar-refractivity contribution is -0.244. The molecule has 0 aromatic rings. The molecule has 1 aliphatic heterocycles. The van der Waals surface area contributed by atoms with Gasteiger partial charge in [-0.2, -0.15) is 0 Å². The van der Waals surface area contributed by atoms with E-state index < -0.39 is 30.6 Å². The van der Waals surface area contributed by atoms with Crippen molar-refractivity contribution in [1.82, 2.24) is 0 Å². The highest BCUT2D eigenvalue weighted by Gasteiger charge is 2.40. The van der Waals surface area contributed by atoms with E-state index in [0.29, 0.717) is 0 Å². The number of rotatable bonds is 2. The zero-order valence-electron chi connectivity index (χ0n) is 7.08. The van der Waals surface area contributed by atoms with E-state index in [1.165, 1.54) is 7.11 Å². The van der Waals surface area contributed by atoms with Crippen molar-refractivity contribution in [2.75, 3.05) is 7.11 Å². The van der Waals surface area contributed by atoms with Crippen LogP contribution in [0.1, 0.15) is 6.42 Å². The summed E-state index contributed by atoms with van der Waals surface area (Å²) < 4.78 is 9.58. The van der Waals surface area contributed by atoms with Crippen molar-refractivity contribution in [3.05, 3.63) is 0 Å². The maximum Gasteiger partial charge on any atom is 0.335 e. The Bertz CT molecular complexity index is 193. The summed E-state index contributed by atoms with van der Waals surface area (Å²) in [4.78, 5) is 10.5. The molecule has 1 aliphatic rings. The Labute approximate surface area is 74.7 Å². The van der Waals surface area contributed by atoms with Crippen molar-refractivity contribution in [3.63, 3.8) is 0 Å². The number of methoxy groups -OCH3 is 1. The van der Waals surface area contributed by atoms with E-state index >= 15 is 0 Å². The van der Waals surface area contributed by atoms with Crippen LogP contribution in [0.3, 0.4) is 0 Å². The van der Waals surface area contributed by atoms with Gasteiger partial charge in [0.1, 0.15) is 6.10 Å². The number of hydrogen-bond acceptors (Lipinski definition) is 5. The van der Waals surface area contributed by atoms with Gasteiger partial charge in [-0.05, 0) is 0 Å². The van der Waals surface area contributed by atoms with Crippen molar-refractivity contribution >= 4 is 5.97 Å². The van der Waals surface area contributed by atoms with E-state index in [1.807, 2.05) is 0 Å². The monoisotopic (exact) mass is 192 g/mol. The number of aliphatic carboxylic acids is 1. The summed E-state index contributed by atoms with van der Waals surface area (Å²) in [6.45, 7) is 0. The molecule has 1 fully saturated rings. The van der Waals surface area contributed by atoms with Crippen LogP contribution in [0.5, 0.6) is 0 Å². The van der Waals surface area contributed by atoms with Gasteiger partial charge in [-0.25, -0.2) is 4.79 Å². The van der Waals surface area contributed by atoms with E-state index in [-0.39, 0.29) is 6.42 Å². The Kier molecular flexibility index (Phi) is 3.21. The fraction of sp³-hybridized carbons (Fsp3) is 0.857. The molecule has 4 atom stereocenters. The van der Waals surface area contributed by atoms with Crippen molar-refractivity contribution in [1.29, 1.82) is 0 Å². The molecule has 3 N–H and O–H groups in total. The molecule has 0 spiro atoms. The average molecular weight is 192 g/mol. The van der Waals surface area contributed by atoms with Gasteiger partial charge in [-0.1, -0.05) is 0 Å². The van der Waals surface area contributed by atoms with Gasteiger partial charge in [0.25, 0.3) is 0 Å². The highest BCUT2D eigenvalue weighted by Crippen LogP contribution is 2.20. The van der Waals surface area contributed by atoms with Gasteiger partial charge in [0.15, 0.2) is 12.4 Å². The van der Waals surface area contributed by atoms with Crippen LogP contribution in [0.4, 0.5) is 0 Å². The van der Waals surface area contributed by atoms with Gasteiger partial charge < -0.3 is 24.8 Å². The molecular formula is C7H12O6. The summed E-state index contributed by atoms with van der Waals surface area (Å²) in [6.07, 6.45) is -4.65. The highest BCUT2D eigenvalue weighted by molar-refractivity contribution is 5.73. The molecule has 0 bridgehead atoms. The Morgan fingerprint density at radius 3 is 2.62 bits per heavy atom. The molecule has 0 aromatic carbocycles. The Balaban J connectivity index is 2.66. The number of aliphatic hydroxyl groups is 2. The van der Waals surface area contributed by atoms with Crippen LogP contribution < -0.4 is 0 Å². The maximum atomic E-state index is 10.5. The Morgan fingerprint density at radius 2 is 2.15 bits per heavy atom. The standard InChI is InChI=1S/C7H12O6/c1-12-4-2-3(8)5(9)6(13-4)7(10)11/h3-6,8-9H,2H2,1H3,(H,10,11). The smallest absolute Gasteiger partial charge is 0.335 e. The fourth-order valence-electron chi connectivity index (χ4n) is 1.19.